The van der Waals surface area contributed by atoms with Crippen molar-refractivity contribution in [3.63, 3.8) is 0 Å². The number of amides is 2. The van der Waals surface area contributed by atoms with E-state index in [2.05, 4.69) is 12.2 Å². The van der Waals surface area contributed by atoms with Crippen LogP contribution in [0.1, 0.15) is 22.8 Å². The first-order valence-electron chi connectivity index (χ1n) is 8.17. The van der Waals surface area contributed by atoms with Gasteiger partial charge in [-0.2, -0.15) is 0 Å². The van der Waals surface area contributed by atoms with Gasteiger partial charge >= 0.3 is 0 Å². The summed E-state index contributed by atoms with van der Waals surface area (Å²) >= 11 is 1.76. The van der Waals surface area contributed by atoms with Gasteiger partial charge in [0.15, 0.2) is 0 Å². The first-order valence-corrected chi connectivity index (χ1v) is 9.32. The van der Waals surface area contributed by atoms with Gasteiger partial charge in [-0.25, -0.2) is 0 Å². The molecule has 2 saturated heterocycles. The van der Waals surface area contributed by atoms with Crippen LogP contribution in [0, 0.1) is 0 Å². The second-order valence-electron chi connectivity index (χ2n) is 5.94. The van der Waals surface area contributed by atoms with E-state index in [0.29, 0.717) is 26.2 Å². The molecule has 1 aromatic rings. The van der Waals surface area contributed by atoms with E-state index in [1.165, 1.54) is 5.56 Å². The van der Waals surface area contributed by atoms with E-state index in [1.807, 2.05) is 34.1 Å². The van der Waals surface area contributed by atoms with Crippen LogP contribution in [-0.2, 0) is 11.2 Å². The molecule has 2 amide bonds. The van der Waals surface area contributed by atoms with Crippen molar-refractivity contribution in [1.82, 2.24) is 15.1 Å². The van der Waals surface area contributed by atoms with Gasteiger partial charge < -0.3 is 9.80 Å². The van der Waals surface area contributed by atoms with Crippen LogP contribution in [0.15, 0.2) is 24.3 Å². The Labute approximate surface area is 141 Å². The fourth-order valence-electron chi connectivity index (χ4n) is 2.97. The maximum atomic E-state index is 12.5. The Morgan fingerprint density at radius 3 is 2.35 bits per heavy atom. The minimum atomic E-state index is -0.0520. The van der Waals surface area contributed by atoms with Crippen LogP contribution < -0.4 is 5.32 Å². The van der Waals surface area contributed by atoms with Crippen molar-refractivity contribution in [2.45, 2.75) is 19.4 Å². The molecule has 3 rings (SSSR count). The smallest absolute Gasteiger partial charge is 0.253 e. The number of carbonyl (C=O) groups excluding carboxylic acids is 2. The van der Waals surface area contributed by atoms with Crippen molar-refractivity contribution in [2.24, 2.45) is 0 Å². The Balaban J connectivity index is 1.55. The molecule has 0 aromatic heterocycles. The number of thioether (sulfide) groups is 1. The highest BCUT2D eigenvalue weighted by atomic mass is 32.2. The molecule has 6 heteroatoms. The summed E-state index contributed by atoms with van der Waals surface area (Å²) in [6, 6.07) is 7.77. The molecule has 0 bridgehead atoms. The number of rotatable bonds is 3. The Hall–Kier alpha value is -1.53. The lowest BCUT2D eigenvalue weighted by Gasteiger charge is -2.36. The molecule has 2 aliphatic rings. The molecule has 2 heterocycles. The van der Waals surface area contributed by atoms with Crippen LogP contribution in [0.3, 0.4) is 0 Å². The lowest BCUT2D eigenvalue weighted by Crippen LogP contribution is -2.54. The highest BCUT2D eigenvalue weighted by Gasteiger charge is 2.30. The van der Waals surface area contributed by atoms with Gasteiger partial charge in [0.25, 0.3) is 5.91 Å². The zero-order valence-electron chi connectivity index (χ0n) is 13.5. The molecule has 0 spiro atoms. The minimum absolute atomic E-state index is 0.0520. The van der Waals surface area contributed by atoms with Crippen LogP contribution in [-0.4, -0.2) is 65.5 Å². The standard InChI is InChI=1S/C17H23N3O2S/c1-2-13-3-5-14(6-4-13)16(21)19-7-9-20(10-8-19)17(22)15-11-23-12-18-15/h3-6,15,18H,2,7-12H2,1H3. The fraction of sp³-hybridized carbons (Fsp3) is 0.529. The van der Waals surface area contributed by atoms with E-state index in [9.17, 15) is 9.59 Å². The summed E-state index contributed by atoms with van der Waals surface area (Å²) in [7, 11) is 0. The number of hydrogen-bond donors (Lipinski definition) is 1. The van der Waals surface area contributed by atoms with Gasteiger partial charge in [0.1, 0.15) is 0 Å². The predicted octanol–water partition coefficient (Wildman–Crippen LogP) is 1.20. The molecule has 5 nitrogen and oxygen atoms in total. The van der Waals surface area contributed by atoms with Gasteiger partial charge in [0.05, 0.1) is 6.04 Å². The highest BCUT2D eigenvalue weighted by molar-refractivity contribution is 7.99. The fourth-order valence-corrected chi connectivity index (χ4v) is 3.90. The number of nitrogens with one attached hydrogen (secondary N) is 1. The number of nitrogens with zero attached hydrogens (tertiary/aromatic N) is 2. The number of aryl methyl sites for hydroxylation is 1. The topological polar surface area (TPSA) is 52.7 Å². The Kier molecular flexibility index (Phi) is 5.23. The second kappa shape index (κ2) is 7.36. The van der Waals surface area contributed by atoms with Crippen LogP contribution in [0.25, 0.3) is 0 Å². The molecule has 1 unspecified atom stereocenters. The zero-order chi connectivity index (χ0) is 16.2. The van der Waals surface area contributed by atoms with E-state index in [-0.39, 0.29) is 17.9 Å². The van der Waals surface area contributed by atoms with Gasteiger partial charge in [-0.05, 0) is 24.1 Å². The van der Waals surface area contributed by atoms with Crippen molar-refractivity contribution in [3.05, 3.63) is 35.4 Å². The molecule has 23 heavy (non-hydrogen) atoms. The summed E-state index contributed by atoms with van der Waals surface area (Å²) in [6.07, 6.45) is 0.975. The SMILES string of the molecule is CCc1ccc(C(=O)N2CCN(C(=O)C3CSCN3)CC2)cc1. The number of hydrogen-bond acceptors (Lipinski definition) is 4. The summed E-state index contributed by atoms with van der Waals surface area (Å²) in [5, 5.41) is 3.22. The van der Waals surface area contributed by atoms with Crippen LogP contribution in [0.4, 0.5) is 0 Å². The molecule has 124 valence electrons. The molecular formula is C17H23N3O2S. The van der Waals surface area contributed by atoms with Crippen LogP contribution in [0.5, 0.6) is 0 Å². The number of piperazine rings is 1. The van der Waals surface area contributed by atoms with Gasteiger partial charge in [0, 0.05) is 43.4 Å². The Morgan fingerprint density at radius 1 is 1.13 bits per heavy atom. The van der Waals surface area contributed by atoms with Crippen molar-refractivity contribution < 1.29 is 9.59 Å². The largest absolute Gasteiger partial charge is 0.338 e. The quantitative estimate of drug-likeness (QED) is 0.903. The van der Waals surface area contributed by atoms with Crippen LogP contribution >= 0.6 is 11.8 Å². The van der Waals surface area contributed by atoms with E-state index in [1.54, 1.807) is 11.8 Å². The Bertz CT molecular complexity index is 562. The molecule has 2 fully saturated rings. The maximum absolute atomic E-state index is 12.5. The van der Waals surface area contributed by atoms with Gasteiger partial charge in [-0.1, -0.05) is 19.1 Å². The predicted molar refractivity (Wildman–Crippen MR) is 92.6 cm³/mol. The third kappa shape index (κ3) is 3.70. The normalized spacial score (nSPS) is 21.5. The van der Waals surface area contributed by atoms with Gasteiger partial charge in [-0.3, -0.25) is 14.9 Å². The first kappa shape index (κ1) is 16.3. The van der Waals surface area contributed by atoms with E-state index >= 15 is 0 Å². The third-order valence-corrected chi connectivity index (χ3v) is 5.44. The molecular weight excluding hydrogens is 310 g/mol. The second-order valence-corrected chi connectivity index (χ2v) is 6.97. The van der Waals surface area contributed by atoms with Gasteiger partial charge in [0.2, 0.25) is 5.91 Å². The molecule has 0 aliphatic carbocycles. The van der Waals surface area contributed by atoms with Crippen molar-refractivity contribution in [2.75, 3.05) is 37.8 Å². The number of benzene rings is 1. The molecule has 1 atom stereocenters. The van der Waals surface area contributed by atoms with E-state index < -0.39 is 0 Å². The summed E-state index contributed by atoms with van der Waals surface area (Å²) in [5.41, 5.74) is 1.97. The van der Waals surface area contributed by atoms with E-state index in [0.717, 1.165) is 23.6 Å². The van der Waals surface area contributed by atoms with Crippen molar-refractivity contribution in [1.29, 1.82) is 0 Å². The first-order chi connectivity index (χ1) is 11.2. The lowest BCUT2D eigenvalue weighted by molar-refractivity contribution is -0.134. The average Bonchev–Trinajstić information content (AvgIpc) is 3.15. The van der Waals surface area contributed by atoms with Crippen LogP contribution in [0.2, 0.25) is 0 Å². The third-order valence-electron chi connectivity index (χ3n) is 4.50. The minimum Gasteiger partial charge on any atom is -0.338 e. The summed E-state index contributed by atoms with van der Waals surface area (Å²) in [5.74, 6) is 1.94. The maximum Gasteiger partial charge on any atom is 0.253 e. The monoisotopic (exact) mass is 333 g/mol. The lowest BCUT2D eigenvalue weighted by atomic mass is 10.1. The molecule has 1 aromatic carbocycles. The van der Waals surface area contributed by atoms with Gasteiger partial charge in [-0.15, -0.1) is 11.8 Å². The molecule has 0 radical (unpaired) electrons. The summed E-state index contributed by atoms with van der Waals surface area (Å²) in [6.45, 7) is 4.58. The molecule has 2 aliphatic heterocycles. The number of carbonyl (C=O) groups is 2. The average molecular weight is 333 g/mol. The highest BCUT2D eigenvalue weighted by Crippen LogP contribution is 2.15. The zero-order valence-corrected chi connectivity index (χ0v) is 14.3. The van der Waals surface area contributed by atoms with Crippen molar-refractivity contribution in [3.8, 4) is 0 Å². The summed E-state index contributed by atoms with van der Waals surface area (Å²) < 4.78 is 0. The Morgan fingerprint density at radius 2 is 1.78 bits per heavy atom. The van der Waals surface area contributed by atoms with E-state index in [4.69, 9.17) is 0 Å². The summed E-state index contributed by atoms with van der Waals surface area (Å²) in [4.78, 5) is 28.6. The van der Waals surface area contributed by atoms with Crippen molar-refractivity contribution >= 4 is 23.6 Å². The molecule has 1 N–H and O–H groups in total. The molecule has 0 saturated carbocycles.